The summed E-state index contributed by atoms with van der Waals surface area (Å²) in [6.07, 6.45) is 0.182. The molecule has 0 amide bonds. The molecule has 1 aliphatic heterocycles. The molecule has 7 heteroatoms. The van der Waals surface area contributed by atoms with Gasteiger partial charge in [0.25, 0.3) is 0 Å². The zero-order chi connectivity index (χ0) is 22.9. The predicted molar refractivity (Wildman–Crippen MR) is 115 cm³/mol. The number of aliphatic hydroxyl groups excluding tert-OH is 1. The Labute approximate surface area is 185 Å². The van der Waals surface area contributed by atoms with Gasteiger partial charge in [-0.05, 0) is 46.1 Å². The van der Waals surface area contributed by atoms with E-state index in [0.29, 0.717) is 26.1 Å². The summed E-state index contributed by atoms with van der Waals surface area (Å²) in [5.74, 6) is -1.73. The van der Waals surface area contributed by atoms with Gasteiger partial charge < -0.3 is 24.1 Å². The molecule has 0 aromatic heterocycles. The maximum atomic E-state index is 12.8. The molecular weight excluding hydrogens is 400 g/mol. The summed E-state index contributed by atoms with van der Waals surface area (Å²) in [6.45, 7) is 7.99. The monoisotopic (exact) mass is 436 g/mol. The van der Waals surface area contributed by atoms with Crippen LogP contribution >= 0.6 is 0 Å². The van der Waals surface area contributed by atoms with Crippen molar-refractivity contribution < 1.29 is 33.6 Å². The molecule has 0 saturated carbocycles. The molecule has 2 rings (SSSR count). The molecule has 0 spiro atoms. The van der Waals surface area contributed by atoms with Gasteiger partial charge in [0.05, 0.1) is 31.7 Å². The summed E-state index contributed by atoms with van der Waals surface area (Å²) in [4.78, 5) is 25.0. The molecule has 0 bridgehead atoms. The molecule has 1 saturated heterocycles. The molecule has 4 atom stereocenters. The average molecular weight is 437 g/mol. The first-order chi connectivity index (χ1) is 14.7. The summed E-state index contributed by atoms with van der Waals surface area (Å²) in [7, 11) is 0. The first-order valence-corrected chi connectivity index (χ1v) is 11.0. The molecule has 0 unspecified atom stereocenters. The number of rotatable bonds is 8. The van der Waals surface area contributed by atoms with Crippen molar-refractivity contribution in [2.45, 2.75) is 64.8 Å². The Morgan fingerprint density at radius 1 is 1.19 bits per heavy atom. The smallest absolute Gasteiger partial charge is 0.312 e. The van der Waals surface area contributed by atoms with Crippen molar-refractivity contribution in [3.63, 3.8) is 0 Å². The van der Waals surface area contributed by atoms with Crippen molar-refractivity contribution >= 4 is 11.9 Å². The second kappa shape index (κ2) is 12.2. The Balaban J connectivity index is 2.13. The molecule has 31 heavy (non-hydrogen) atoms. The van der Waals surface area contributed by atoms with Crippen LogP contribution in [-0.2, 0) is 35.0 Å². The Kier molecular flexibility index (Phi) is 9.93. The molecule has 1 N–H and O–H groups in total. The number of esters is 2. The van der Waals surface area contributed by atoms with E-state index in [9.17, 15) is 9.59 Å². The average Bonchev–Trinajstić information content (AvgIpc) is 2.73. The van der Waals surface area contributed by atoms with Crippen LogP contribution in [0.15, 0.2) is 30.3 Å². The molecule has 1 aromatic rings. The fraction of sp³-hybridized carbons (Fsp3) is 0.667. The van der Waals surface area contributed by atoms with E-state index in [4.69, 9.17) is 24.1 Å². The number of cyclic esters (lactones) is 1. The van der Waals surface area contributed by atoms with Crippen LogP contribution in [0, 0.1) is 11.8 Å². The molecule has 1 aromatic carbocycles. The van der Waals surface area contributed by atoms with Crippen molar-refractivity contribution in [3.8, 4) is 0 Å². The van der Waals surface area contributed by atoms with Crippen LogP contribution in [0.4, 0.5) is 0 Å². The fourth-order valence-corrected chi connectivity index (χ4v) is 3.63. The third-order valence-corrected chi connectivity index (χ3v) is 5.00. The van der Waals surface area contributed by atoms with Gasteiger partial charge in [-0.1, -0.05) is 30.3 Å². The molecule has 1 heterocycles. The molecule has 1 aliphatic rings. The largest absolute Gasteiger partial charge is 0.460 e. The molecule has 174 valence electrons. The van der Waals surface area contributed by atoms with Crippen LogP contribution in [0.5, 0.6) is 0 Å². The maximum absolute atomic E-state index is 12.8. The summed E-state index contributed by atoms with van der Waals surface area (Å²) in [5, 5.41) is 9.12. The van der Waals surface area contributed by atoms with Crippen molar-refractivity contribution in [3.05, 3.63) is 35.9 Å². The van der Waals surface area contributed by atoms with Gasteiger partial charge in [-0.3, -0.25) is 9.59 Å². The Bertz CT molecular complexity index is 683. The minimum atomic E-state index is -0.731. The molecule has 0 radical (unpaired) electrons. The lowest BCUT2D eigenvalue weighted by atomic mass is 9.91. The molecule has 7 nitrogen and oxygen atoms in total. The van der Waals surface area contributed by atoms with Crippen LogP contribution in [0.25, 0.3) is 0 Å². The fourth-order valence-electron chi connectivity index (χ4n) is 3.63. The van der Waals surface area contributed by atoms with Gasteiger partial charge in [0.1, 0.15) is 11.7 Å². The highest BCUT2D eigenvalue weighted by Crippen LogP contribution is 2.25. The third kappa shape index (κ3) is 8.97. The van der Waals surface area contributed by atoms with Crippen molar-refractivity contribution in [1.29, 1.82) is 0 Å². The highest BCUT2D eigenvalue weighted by atomic mass is 16.6. The van der Waals surface area contributed by atoms with Gasteiger partial charge in [0.2, 0.25) is 0 Å². The van der Waals surface area contributed by atoms with E-state index >= 15 is 0 Å². The lowest BCUT2D eigenvalue weighted by Gasteiger charge is -2.31. The third-order valence-electron chi connectivity index (χ3n) is 5.00. The molecular formula is C24H36O7. The zero-order valence-corrected chi connectivity index (χ0v) is 19.0. The first kappa shape index (κ1) is 25.3. The van der Waals surface area contributed by atoms with E-state index < -0.39 is 35.7 Å². The van der Waals surface area contributed by atoms with Gasteiger partial charge in [0.15, 0.2) is 0 Å². The van der Waals surface area contributed by atoms with E-state index in [1.54, 1.807) is 27.7 Å². The van der Waals surface area contributed by atoms with Gasteiger partial charge in [0, 0.05) is 19.1 Å². The standard InChI is InChI=1S/C24H36O7/c1-17-22(29-12-8-11-25)19(13-18-9-6-5-7-10-18)15-28-16-20(23(27)30-17)14-21(26)31-24(2,3)4/h5-7,9-10,17,19-20,22,25H,8,11-16H2,1-4H3/t17-,19-,20-,22-/m0/s1. The normalized spacial score (nSPS) is 25.1. The predicted octanol–water partition coefficient (Wildman–Crippen LogP) is 2.92. The van der Waals surface area contributed by atoms with E-state index in [-0.39, 0.29) is 25.6 Å². The number of carbonyl (C=O) groups excluding carboxylic acids is 2. The zero-order valence-electron chi connectivity index (χ0n) is 19.0. The topological polar surface area (TPSA) is 91.3 Å². The lowest BCUT2D eigenvalue weighted by molar-refractivity contribution is -0.168. The second-order valence-corrected chi connectivity index (χ2v) is 9.03. The Hall–Kier alpha value is -1.96. The summed E-state index contributed by atoms with van der Waals surface area (Å²) in [5.41, 5.74) is 0.509. The summed E-state index contributed by atoms with van der Waals surface area (Å²) in [6, 6.07) is 10.0. The van der Waals surface area contributed by atoms with E-state index in [2.05, 4.69) is 0 Å². The van der Waals surface area contributed by atoms with Crippen molar-refractivity contribution in [1.82, 2.24) is 0 Å². The minimum Gasteiger partial charge on any atom is -0.460 e. The van der Waals surface area contributed by atoms with E-state index in [1.807, 2.05) is 30.3 Å². The van der Waals surface area contributed by atoms with E-state index in [1.165, 1.54) is 0 Å². The van der Waals surface area contributed by atoms with Crippen molar-refractivity contribution in [2.75, 3.05) is 26.4 Å². The van der Waals surface area contributed by atoms with Crippen LogP contribution in [-0.4, -0.2) is 61.3 Å². The first-order valence-electron chi connectivity index (χ1n) is 11.0. The number of benzene rings is 1. The van der Waals surface area contributed by atoms with Crippen molar-refractivity contribution in [2.24, 2.45) is 11.8 Å². The summed E-state index contributed by atoms with van der Waals surface area (Å²) >= 11 is 0. The Morgan fingerprint density at radius 3 is 2.55 bits per heavy atom. The van der Waals surface area contributed by atoms with Gasteiger partial charge in [-0.25, -0.2) is 0 Å². The SMILES string of the molecule is C[C@@H]1OC(=O)[C@@H](CC(=O)OC(C)(C)C)COC[C@H](Cc2ccccc2)[C@H]1OCCCO. The number of hydrogen-bond acceptors (Lipinski definition) is 7. The summed E-state index contributed by atoms with van der Waals surface area (Å²) < 4.78 is 23.0. The van der Waals surface area contributed by atoms with Gasteiger partial charge in [-0.15, -0.1) is 0 Å². The Morgan fingerprint density at radius 2 is 1.90 bits per heavy atom. The number of carbonyl (C=O) groups is 2. The second-order valence-electron chi connectivity index (χ2n) is 9.03. The minimum absolute atomic E-state index is 0.0265. The number of ether oxygens (including phenoxy) is 4. The van der Waals surface area contributed by atoms with Crippen LogP contribution in [0.2, 0.25) is 0 Å². The van der Waals surface area contributed by atoms with Crippen LogP contribution in [0.1, 0.15) is 46.1 Å². The maximum Gasteiger partial charge on any atom is 0.312 e. The number of hydrogen-bond donors (Lipinski definition) is 1. The highest BCUT2D eigenvalue weighted by molar-refractivity contribution is 5.80. The lowest BCUT2D eigenvalue weighted by Crippen LogP contribution is -2.40. The quantitative estimate of drug-likeness (QED) is 0.495. The van der Waals surface area contributed by atoms with Gasteiger partial charge in [-0.2, -0.15) is 0 Å². The van der Waals surface area contributed by atoms with Crippen LogP contribution in [0.3, 0.4) is 0 Å². The molecule has 1 fully saturated rings. The van der Waals surface area contributed by atoms with Gasteiger partial charge >= 0.3 is 11.9 Å². The van der Waals surface area contributed by atoms with E-state index in [0.717, 1.165) is 5.56 Å². The van der Waals surface area contributed by atoms with Crippen LogP contribution < -0.4 is 0 Å². The number of aliphatic hydroxyl groups is 1. The highest BCUT2D eigenvalue weighted by Gasteiger charge is 2.36. The molecule has 0 aliphatic carbocycles.